The Morgan fingerprint density at radius 2 is 2.00 bits per heavy atom. The fourth-order valence-corrected chi connectivity index (χ4v) is 3.08. The molecule has 3 rings (SSSR count). The van der Waals surface area contributed by atoms with E-state index in [0.717, 1.165) is 24.6 Å². The number of furan rings is 1. The monoisotopic (exact) mass is 313 g/mol. The Bertz CT molecular complexity index is 674. The lowest BCUT2D eigenvalue weighted by Crippen LogP contribution is -2.36. The first-order valence-electron chi connectivity index (χ1n) is 8.08. The first kappa shape index (κ1) is 15.6. The second-order valence-corrected chi connectivity index (χ2v) is 6.00. The summed E-state index contributed by atoms with van der Waals surface area (Å²) in [5, 5.41) is 3.00. The molecule has 1 unspecified atom stereocenters. The van der Waals surface area contributed by atoms with Crippen LogP contribution >= 0.6 is 0 Å². The number of nitrogen functional groups attached to an aromatic ring is 1. The normalized spacial score (nSPS) is 16.4. The molecule has 1 amide bonds. The van der Waals surface area contributed by atoms with Gasteiger partial charge in [0.2, 0.25) is 0 Å². The number of para-hydroxylation sites is 1. The fourth-order valence-electron chi connectivity index (χ4n) is 3.08. The summed E-state index contributed by atoms with van der Waals surface area (Å²) >= 11 is 0. The number of rotatable bonds is 5. The Labute approximate surface area is 136 Å². The molecule has 1 atom stereocenters. The zero-order valence-corrected chi connectivity index (χ0v) is 13.4. The highest BCUT2D eigenvalue weighted by molar-refractivity contribution is 5.99. The second kappa shape index (κ2) is 6.87. The van der Waals surface area contributed by atoms with Crippen LogP contribution in [0.2, 0.25) is 0 Å². The molecule has 0 spiro atoms. The van der Waals surface area contributed by atoms with Gasteiger partial charge >= 0.3 is 0 Å². The second-order valence-electron chi connectivity index (χ2n) is 6.00. The number of aryl methyl sites for hydroxylation is 1. The van der Waals surface area contributed by atoms with Crippen LogP contribution in [0.1, 0.15) is 40.8 Å². The molecule has 0 bridgehead atoms. The molecule has 5 heteroatoms. The highest BCUT2D eigenvalue weighted by Gasteiger charge is 2.26. The predicted octanol–water partition coefficient (Wildman–Crippen LogP) is 2.74. The van der Waals surface area contributed by atoms with E-state index in [-0.39, 0.29) is 11.9 Å². The SMILES string of the molecule is Cc1ccc(C(CNC(=O)c2ccccc2N)N2CCCC2)o1. The number of amides is 1. The minimum atomic E-state index is -0.143. The third kappa shape index (κ3) is 3.56. The lowest BCUT2D eigenvalue weighted by Gasteiger charge is -2.26. The van der Waals surface area contributed by atoms with Crippen LogP contribution in [0.4, 0.5) is 5.69 Å². The number of carbonyl (C=O) groups excluding carboxylic acids is 1. The van der Waals surface area contributed by atoms with Crippen molar-refractivity contribution in [3.05, 3.63) is 53.5 Å². The number of nitrogens with one attached hydrogen (secondary N) is 1. The first-order chi connectivity index (χ1) is 11.1. The third-order valence-electron chi connectivity index (χ3n) is 4.33. The number of anilines is 1. The van der Waals surface area contributed by atoms with Crippen molar-refractivity contribution in [2.45, 2.75) is 25.8 Å². The molecule has 1 fully saturated rings. The van der Waals surface area contributed by atoms with E-state index in [1.807, 2.05) is 31.2 Å². The maximum absolute atomic E-state index is 12.4. The molecule has 2 aromatic rings. The molecule has 1 aromatic carbocycles. The number of likely N-dealkylation sites (tertiary alicyclic amines) is 1. The molecule has 1 aliphatic heterocycles. The van der Waals surface area contributed by atoms with Crippen molar-refractivity contribution in [2.24, 2.45) is 0 Å². The molecule has 0 saturated carbocycles. The van der Waals surface area contributed by atoms with Gasteiger partial charge in [0.15, 0.2) is 0 Å². The number of benzene rings is 1. The summed E-state index contributed by atoms with van der Waals surface area (Å²) in [4.78, 5) is 14.7. The van der Waals surface area contributed by atoms with Crippen LogP contribution in [0, 0.1) is 6.92 Å². The Morgan fingerprint density at radius 1 is 1.26 bits per heavy atom. The summed E-state index contributed by atoms with van der Waals surface area (Å²) in [6, 6.07) is 11.2. The summed E-state index contributed by atoms with van der Waals surface area (Å²) in [6.45, 7) is 4.52. The summed E-state index contributed by atoms with van der Waals surface area (Å²) in [7, 11) is 0. The van der Waals surface area contributed by atoms with Gasteiger partial charge in [-0.25, -0.2) is 0 Å². The van der Waals surface area contributed by atoms with Crippen LogP contribution in [0.15, 0.2) is 40.8 Å². The van der Waals surface area contributed by atoms with Crippen molar-refractivity contribution in [3.8, 4) is 0 Å². The molecule has 1 aliphatic rings. The lowest BCUT2D eigenvalue weighted by molar-refractivity contribution is 0.0934. The summed E-state index contributed by atoms with van der Waals surface area (Å²) in [5.74, 6) is 1.66. The number of hydrogen-bond donors (Lipinski definition) is 2. The maximum atomic E-state index is 12.4. The van der Waals surface area contributed by atoms with E-state index in [0.29, 0.717) is 17.8 Å². The first-order valence-corrected chi connectivity index (χ1v) is 8.08. The highest BCUT2D eigenvalue weighted by Crippen LogP contribution is 2.26. The summed E-state index contributed by atoms with van der Waals surface area (Å²) in [5.41, 5.74) is 6.89. The maximum Gasteiger partial charge on any atom is 0.253 e. The fraction of sp³-hybridized carbons (Fsp3) is 0.389. The molecule has 122 valence electrons. The topological polar surface area (TPSA) is 71.5 Å². The van der Waals surface area contributed by atoms with E-state index < -0.39 is 0 Å². The molecule has 3 N–H and O–H groups in total. The quantitative estimate of drug-likeness (QED) is 0.833. The van der Waals surface area contributed by atoms with E-state index >= 15 is 0 Å². The van der Waals surface area contributed by atoms with Crippen LogP contribution in [0.25, 0.3) is 0 Å². The van der Waals surface area contributed by atoms with Gasteiger partial charge in [0.25, 0.3) is 5.91 Å². The number of nitrogens with zero attached hydrogens (tertiary/aromatic N) is 1. The molecular formula is C18H23N3O2. The van der Waals surface area contributed by atoms with E-state index in [1.165, 1.54) is 12.8 Å². The molecule has 23 heavy (non-hydrogen) atoms. The van der Waals surface area contributed by atoms with Gasteiger partial charge in [-0.05, 0) is 57.1 Å². The molecule has 5 nitrogen and oxygen atoms in total. The van der Waals surface area contributed by atoms with Gasteiger partial charge in [-0.1, -0.05) is 12.1 Å². The van der Waals surface area contributed by atoms with Crippen molar-refractivity contribution in [2.75, 3.05) is 25.4 Å². The van der Waals surface area contributed by atoms with Crippen LogP contribution in [-0.2, 0) is 0 Å². The van der Waals surface area contributed by atoms with Crippen LogP contribution in [0.5, 0.6) is 0 Å². The summed E-state index contributed by atoms with van der Waals surface area (Å²) < 4.78 is 5.80. The lowest BCUT2D eigenvalue weighted by atomic mass is 10.1. The van der Waals surface area contributed by atoms with E-state index in [2.05, 4.69) is 10.2 Å². The third-order valence-corrected chi connectivity index (χ3v) is 4.33. The number of nitrogens with two attached hydrogens (primary N) is 1. The molecule has 1 saturated heterocycles. The number of hydrogen-bond acceptors (Lipinski definition) is 4. The smallest absolute Gasteiger partial charge is 0.253 e. The van der Waals surface area contributed by atoms with Gasteiger partial charge in [-0.3, -0.25) is 9.69 Å². The van der Waals surface area contributed by atoms with Gasteiger partial charge < -0.3 is 15.5 Å². The van der Waals surface area contributed by atoms with Crippen molar-refractivity contribution in [1.82, 2.24) is 10.2 Å². The zero-order valence-electron chi connectivity index (χ0n) is 13.4. The Hall–Kier alpha value is -2.27. The van der Waals surface area contributed by atoms with Crippen LogP contribution in [0.3, 0.4) is 0 Å². The standard InChI is InChI=1S/C18H23N3O2/c1-13-8-9-17(23-13)16(21-10-4-5-11-21)12-20-18(22)14-6-2-3-7-15(14)19/h2-3,6-9,16H,4-5,10-12,19H2,1H3,(H,20,22). The van der Waals surface area contributed by atoms with Crippen molar-refractivity contribution >= 4 is 11.6 Å². The molecule has 0 radical (unpaired) electrons. The average Bonchev–Trinajstić information content (AvgIpc) is 3.20. The molecular weight excluding hydrogens is 290 g/mol. The van der Waals surface area contributed by atoms with E-state index in [1.54, 1.807) is 12.1 Å². The van der Waals surface area contributed by atoms with Gasteiger partial charge in [0.1, 0.15) is 11.5 Å². The minimum absolute atomic E-state index is 0.0695. The molecule has 0 aliphatic carbocycles. The Morgan fingerprint density at radius 3 is 2.65 bits per heavy atom. The van der Waals surface area contributed by atoms with Crippen LogP contribution < -0.4 is 11.1 Å². The van der Waals surface area contributed by atoms with Crippen molar-refractivity contribution in [1.29, 1.82) is 0 Å². The van der Waals surface area contributed by atoms with Gasteiger partial charge in [0.05, 0.1) is 11.6 Å². The largest absolute Gasteiger partial charge is 0.465 e. The number of carbonyl (C=O) groups is 1. The van der Waals surface area contributed by atoms with E-state index in [9.17, 15) is 4.79 Å². The highest BCUT2D eigenvalue weighted by atomic mass is 16.3. The predicted molar refractivity (Wildman–Crippen MR) is 90.2 cm³/mol. The molecule has 2 heterocycles. The zero-order chi connectivity index (χ0) is 16.2. The Kier molecular flexibility index (Phi) is 4.67. The van der Waals surface area contributed by atoms with E-state index in [4.69, 9.17) is 10.2 Å². The molecule has 1 aromatic heterocycles. The van der Waals surface area contributed by atoms with Gasteiger partial charge in [0, 0.05) is 12.2 Å². The van der Waals surface area contributed by atoms with Gasteiger partial charge in [-0.2, -0.15) is 0 Å². The van der Waals surface area contributed by atoms with Crippen molar-refractivity contribution in [3.63, 3.8) is 0 Å². The average molecular weight is 313 g/mol. The minimum Gasteiger partial charge on any atom is -0.465 e. The Balaban J connectivity index is 1.71. The summed E-state index contributed by atoms with van der Waals surface area (Å²) in [6.07, 6.45) is 2.38. The van der Waals surface area contributed by atoms with Crippen molar-refractivity contribution < 1.29 is 9.21 Å². The van der Waals surface area contributed by atoms with Gasteiger partial charge in [-0.15, -0.1) is 0 Å². The van der Waals surface area contributed by atoms with Crippen LogP contribution in [-0.4, -0.2) is 30.4 Å².